The van der Waals surface area contributed by atoms with Crippen LogP contribution in [0.15, 0.2) is 71.0 Å². The third kappa shape index (κ3) is 5.77. The van der Waals surface area contributed by atoms with Crippen LogP contribution in [0, 0.1) is 6.92 Å². The first kappa shape index (κ1) is 25.5. The molecule has 4 rings (SSSR count). The monoisotopic (exact) mass is 507 g/mol. The minimum Gasteiger partial charge on any atom is -0.463 e. The number of nitrogens with zero attached hydrogens (tertiary/aromatic N) is 3. The predicted molar refractivity (Wildman–Crippen MR) is 137 cm³/mol. The number of methoxy groups -OCH3 is 1. The third-order valence-electron chi connectivity index (χ3n) is 5.64. The second kappa shape index (κ2) is 11.9. The quantitative estimate of drug-likeness (QED) is 0.317. The molecule has 188 valence electrons. The molecule has 0 unspecified atom stereocenters. The largest absolute Gasteiger partial charge is 0.463 e. The van der Waals surface area contributed by atoms with Gasteiger partial charge in [0.2, 0.25) is 0 Å². The number of ether oxygens (including phenoxy) is 2. The number of hydrogen-bond donors (Lipinski definition) is 2. The average Bonchev–Trinajstić information content (AvgIpc) is 3.29. The van der Waals surface area contributed by atoms with E-state index in [1.165, 1.54) is 11.8 Å². The Morgan fingerprint density at radius 3 is 2.67 bits per heavy atom. The lowest BCUT2D eigenvalue weighted by atomic mass is 9.95. The molecule has 1 aromatic heterocycles. The van der Waals surface area contributed by atoms with E-state index >= 15 is 0 Å². The number of amides is 2. The fraction of sp³-hybridized carbons (Fsp3) is 0.308. The first-order chi connectivity index (χ1) is 17.5. The van der Waals surface area contributed by atoms with Crippen LogP contribution >= 0.6 is 11.8 Å². The number of carbonyl (C=O) groups is 2. The normalized spacial score (nSPS) is 15.4. The summed E-state index contributed by atoms with van der Waals surface area (Å²) >= 11 is 1.39. The van der Waals surface area contributed by atoms with Crippen molar-refractivity contribution in [3.05, 3.63) is 77.0 Å². The van der Waals surface area contributed by atoms with E-state index in [0.717, 1.165) is 22.5 Å². The Hall–Kier alpha value is -3.63. The molecule has 0 saturated heterocycles. The van der Waals surface area contributed by atoms with E-state index in [-0.39, 0.29) is 12.6 Å². The molecule has 2 aromatic carbocycles. The van der Waals surface area contributed by atoms with Crippen molar-refractivity contribution in [1.29, 1.82) is 0 Å². The fourth-order valence-electron chi connectivity index (χ4n) is 3.99. The number of aryl methyl sites for hydroxylation is 1. The van der Waals surface area contributed by atoms with Gasteiger partial charge in [0.05, 0.1) is 31.4 Å². The standard InChI is InChI=1S/C26H29N5O4S/c1-4-35-24(32)21-20(27-25(33)28-22(21)18-10-6-5-7-11-18)16-36-26-30-29-23(31(26)13-14-34-3)19-12-8-9-17(2)15-19/h5-12,15,22H,4,13-14,16H2,1-3H3,(H2,27,28,33)/t22-/m0/s1. The number of hydrogen-bond acceptors (Lipinski definition) is 7. The number of rotatable bonds is 10. The van der Waals surface area contributed by atoms with Crippen LogP contribution in [0.1, 0.15) is 24.1 Å². The van der Waals surface area contributed by atoms with Crippen LogP contribution in [-0.2, 0) is 20.8 Å². The Morgan fingerprint density at radius 1 is 1.14 bits per heavy atom. The van der Waals surface area contributed by atoms with Crippen molar-refractivity contribution < 1.29 is 19.1 Å². The molecule has 2 N–H and O–H groups in total. The van der Waals surface area contributed by atoms with Crippen LogP contribution in [0.2, 0.25) is 0 Å². The molecule has 1 aliphatic rings. The van der Waals surface area contributed by atoms with Gasteiger partial charge in [0.15, 0.2) is 11.0 Å². The van der Waals surface area contributed by atoms with Crippen LogP contribution < -0.4 is 10.6 Å². The predicted octanol–water partition coefficient (Wildman–Crippen LogP) is 3.86. The first-order valence-electron chi connectivity index (χ1n) is 11.7. The number of urea groups is 1. The molecule has 2 heterocycles. The number of benzene rings is 2. The highest BCUT2D eigenvalue weighted by Gasteiger charge is 2.33. The number of aromatic nitrogens is 3. The molecule has 0 fully saturated rings. The van der Waals surface area contributed by atoms with Gasteiger partial charge in [-0.05, 0) is 25.5 Å². The lowest BCUT2D eigenvalue weighted by Gasteiger charge is -2.29. The van der Waals surface area contributed by atoms with E-state index in [9.17, 15) is 9.59 Å². The van der Waals surface area contributed by atoms with Gasteiger partial charge in [-0.2, -0.15) is 0 Å². The van der Waals surface area contributed by atoms with Gasteiger partial charge in [0.25, 0.3) is 0 Å². The molecule has 9 nitrogen and oxygen atoms in total. The second-order valence-corrected chi connectivity index (χ2v) is 9.11. The van der Waals surface area contributed by atoms with Crippen LogP contribution in [0.4, 0.5) is 4.79 Å². The molecule has 0 radical (unpaired) electrons. The summed E-state index contributed by atoms with van der Waals surface area (Å²) in [5.74, 6) is 0.550. The maximum absolute atomic E-state index is 13.0. The van der Waals surface area contributed by atoms with Crippen molar-refractivity contribution in [2.45, 2.75) is 31.6 Å². The summed E-state index contributed by atoms with van der Waals surface area (Å²) in [6, 6.07) is 16.4. The van der Waals surface area contributed by atoms with E-state index < -0.39 is 12.0 Å². The lowest BCUT2D eigenvalue weighted by Crippen LogP contribution is -2.46. The highest BCUT2D eigenvalue weighted by molar-refractivity contribution is 7.99. The number of esters is 1. The van der Waals surface area contributed by atoms with Crippen LogP contribution in [0.25, 0.3) is 11.4 Å². The number of carbonyl (C=O) groups excluding carboxylic acids is 2. The van der Waals surface area contributed by atoms with Gasteiger partial charge in [-0.1, -0.05) is 65.9 Å². The molecule has 0 aliphatic carbocycles. The molecule has 36 heavy (non-hydrogen) atoms. The summed E-state index contributed by atoms with van der Waals surface area (Å²) in [5, 5.41) is 15.2. The zero-order valence-electron chi connectivity index (χ0n) is 20.5. The third-order valence-corrected chi connectivity index (χ3v) is 6.63. The summed E-state index contributed by atoms with van der Waals surface area (Å²) in [6.07, 6.45) is 0. The Balaban J connectivity index is 1.68. The van der Waals surface area contributed by atoms with Gasteiger partial charge in [-0.25, -0.2) is 9.59 Å². The summed E-state index contributed by atoms with van der Waals surface area (Å²) in [7, 11) is 1.65. The van der Waals surface area contributed by atoms with E-state index in [4.69, 9.17) is 9.47 Å². The van der Waals surface area contributed by atoms with Crippen molar-refractivity contribution in [2.75, 3.05) is 26.1 Å². The van der Waals surface area contributed by atoms with E-state index in [0.29, 0.717) is 35.3 Å². The van der Waals surface area contributed by atoms with Gasteiger partial charge in [-0.15, -0.1) is 10.2 Å². The molecule has 10 heteroatoms. The van der Waals surface area contributed by atoms with Gasteiger partial charge in [-0.3, -0.25) is 4.57 Å². The summed E-state index contributed by atoms with van der Waals surface area (Å²) in [5.41, 5.74) is 3.72. The Labute approximate surface area is 214 Å². The summed E-state index contributed by atoms with van der Waals surface area (Å²) < 4.78 is 12.7. The minimum atomic E-state index is -0.621. The van der Waals surface area contributed by atoms with Crippen LogP contribution in [0.5, 0.6) is 0 Å². The van der Waals surface area contributed by atoms with E-state index in [1.807, 2.05) is 60.0 Å². The highest BCUT2D eigenvalue weighted by atomic mass is 32.2. The van der Waals surface area contributed by atoms with Gasteiger partial charge < -0.3 is 20.1 Å². The van der Waals surface area contributed by atoms with Crippen LogP contribution in [0.3, 0.4) is 0 Å². The Morgan fingerprint density at radius 2 is 1.94 bits per heavy atom. The smallest absolute Gasteiger partial charge is 0.338 e. The molecule has 0 spiro atoms. The molecule has 1 atom stereocenters. The fourth-order valence-corrected chi connectivity index (χ4v) is 4.92. The molecular weight excluding hydrogens is 478 g/mol. The molecular formula is C26H29N5O4S. The average molecular weight is 508 g/mol. The molecule has 2 amide bonds. The summed E-state index contributed by atoms with van der Waals surface area (Å²) in [4.78, 5) is 25.6. The molecule has 0 bridgehead atoms. The molecule has 0 saturated carbocycles. The lowest BCUT2D eigenvalue weighted by molar-refractivity contribution is -0.139. The van der Waals surface area contributed by atoms with Crippen molar-refractivity contribution >= 4 is 23.8 Å². The highest BCUT2D eigenvalue weighted by Crippen LogP contribution is 2.31. The first-order valence-corrected chi connectivity index (χ1v) is 12.6. The topological polar surface area (TPSA) is 107 Å². The second-order valence-electron chi connectivity index (χ2n) is 8.16. The molecule has 3 aromatic rings. The zero-order valence-corrected chi connectivity index (χ0v) is 21.3. The maximum atomic E-state index is 13.0. The zero-order chi connectivity index (χ0) is 25.5. The minimum absolute atomic E-state index is 0.226. The number of thioether (sulfide) groups is 1. The van der Waals surface area contributed by atoms with Crippen molar-refractivity contribution in [2.24, 2.45) is 0 Å². The van der Waals surface area contributed by atoms with Crippen molar-refractivity contribution in [1.82, 2.24) is 25.4 Å². The van der Waals surface area contributed by atoms with E-state index in [2.05, 4.69) is 26.9 Å². The maximum Gasteiger partial charge on any atom is 0.338 e. The van der Waals surface area contributed by atoms with Gasteiger partial charge >= 0.3 is 12.0 Å². The SMILES string of the molecule is CCOC(=O)C1=C(CSc2nnc(-c3cccc(C)c3)n2CCOC)NC(=O)N[C@H]1c1ccccc1. The Bertz CT molecular complexity index is 1260. The van der Waals surface area contributed by atoms with Gasteiger partial charge in [0.1, 0.15) is 0 Å². The summed E-state index contributed by atoms with van der Waals surface area (Å²) in [6.45, 7) is 5.05. The van der Waals surface area contributed by atoms with Crippen molar-refractivity contribution in [3.8, 4) is 11.4 Å². The van der Waals surface area contributed by atoms with E-state index in [1.54, 1.807) is 14.0 Å². The molecule has 1 aliphatic heterocycles. The Kier molecular flexibility index (Phi) is 8.40. The van der Waals surface area contributed by atoms with Crippen LogP contribution in [-0.4, -0.2) is 52.8 Å². The van der Waals surface area contributed by atoms with Gasteiger partial charge in [0, 0.05) is 24.1 Å². The number of nitrogens with one attached hydrogen (secondary N) is 2. The van der Waals surface area contributed by atoms with Crippen molar-refractivity contribution in [3.63, 3.8) is 0 Å².